The maximum Gasteiger partial charge on any atom is 0.321 e. The van der Waals surface area contributed by atoms with E-state index in [-0.39, 0.29) is 17.6 Å². The first-order chi connectivity index (χ1) is 6.27. The maximum atomic E-state index is 12.1. The first-order valence-electron chi connectivity index (χ1n) is 5.37. The van der Waals surface area contributed by atoms with E-state index in [1.165, 1.54) is 0 Å². The monoisotopic (exact) mass is 198 g/mol. The van der Waals surface area contributed by atoms with Gasteiger partial charge in [-0.05, 0) is 41.5 Å². The van der Waals surface area contributed by atoms with Gasteiger partial charge >= 0.3 is 6.03 Å². The summed E-state index contributed by atoms with van der Waals surface area (Å²) in [6, 6.07) is 0.756. The van der Waals surface area contributed by atoms with Crippen LogP contribution in [0.3, 0.4) is 0 Å². The van der Waals surface area contributed by atoms with Gasteiger partial charge in [0, 0.05) is 18.6 Å². The molecule has 1 aliphatic heterocycles. The van der Waals surface area contributed by atoms with Crippen molar-refractivity contribution in [2.24, 2.45) is 0 Å². The minimum atomic E-state index is -0.0322. The van der Waals surface area contributed by atoms with E-state index in [9.17, 15) is 4.79 Å². The normalized spacial score (nSPS) is 21.6. The third-order valence-corrected chi connectivity index (χ3v) is 2.80. The van der Waals surface area contributed by atoms with Gasteiger partial charge in [0.1, 0.15) is 0 Å². The molecule has 14 heavy (non-hydrogen) atoms. The summed E-state index contributed by atoms with van der Waals surface area (Å²) in [5, 5.41) is 0. The smallest absolute Gasteiger partial charge is 0.320 e. The molecular formula is C11H22N2O. The molecule has 2 amide bonds. The van der Waals surface area contributed by atoms with Crippen LogP contribution in [0.1, 0.15) is 41.5 Å². The number of urea groups is 1. The molecular weight excluding hydrogens is 176 g/mol. The van der Waals surface area contributed by atoms with Gasteiger partial charge < -0.3 is 9.80 Å². The number of amides is 2. The van der Waals surface area contributed by atoms with E-state index >= 15 is 0 Å². The summed E-state index contributed by atoms with van der Waals surface area (Å²) in [7, 11) is 0. The predicted octanol–water partition coefficient (Wildman–Crippen LogP) is 2.32. The van der Waals surface area contributed by atoms with Crippen molar-refractivity contribution in [2.75, 3.05) is 6.54 Å². The van der Waals surface area contributed by atoms with Crippen molar-refractivity contribution >= 4 is 6.03 Å². The van der Waals surface area contributed by atoms with Gasteiger partial charge in [0.05, 0.1) is 5.54 Å². The largest absolute Gasteiger partial charge is 0.321 e. The molecule has 1 fully saturated rings. The number of hydrogen-bond donors (Lipinski definition) is 0. The zero-order valence-corrected chi connectivity index (χ0v) is 10.2. The molecule has 0 N–H and O–H groups in total. The topological polar surface area (TPSA) is 23.6 Å². The van der Waals surface area contributed by atoms with Gasteiger partial charge in [-0.3, -0.25) is 0 Å². The molecule has 0 aromatic heterocycles. The zero-order valence-electron chi connectivity index (χ0n) is 10.2. The Morgan fingerprint density at radius 2 is 1.64 bits per heavy atom. The Kier molecular flexibility index (Phi) is 2.79. The maximum absolute atomic E-state index is 12.1. The molecule has 0 radical (unpaired) electrons. The van der Waals surface area contributed by atoms with Crippen LogP contribution in [-0.4, -0.2) is 40.0 Å². The Labute approximate surface area is 87.1 Å². The van der Waals surface area contributed by atoms with Crippen LogP contribution in [0.5, 0.6) is 0 Å². The lowest BCUT2D eigenvalue weighted by molar-refractivity contribution is 0.148. The van der Waals surface area contributed by atoms with Crippen molar-refractivity contribution in [2.45, 2.75) is 59.2 Å². The van der Waals surface area contributed by atoms with Gasteiger partial charge in [0.2, 0.25) is 0 Å². The Bertz CT molecular complexity index is 233. The number of carbonyl (C=O) groups excluding carboxylic acids is 1. The molecule has 3 heteroatoms. The Balaban J connectivity index is 2.92. The molecule has 0 spiro atoms. The lowest BCUT2D eigenvalue weighted by atomic mass is 10.0. The van der Waals surface area contributed by atoms with Crippen molar-refractivity contribution in [3.63, 3.8) is 0 Å². The third-order valence-electron chi connectivity index (χ3n) is 2.80. The molecule has 3 nitrogen and oxygen atoms in total. The van der Waals surface area contributed by atoms with E-state index < -0.39 is 0 Å². The van der Waals surface area contributed by atoms with Crippen molar-refractivity contribution in [3.05, 3.63) is 0 Å². The molecule has 82 valence electrons. The highest BCUT2D eigenvalue weighted by molar-refractivity contribution is 5.78. The molecule has 0 aliphatic carbocycles. The summed E-state index contributed by atoms with van der Waals surface area (Å²) in [5.41, 5.74) is -0.0322. The minimum Gasteiger partial charge on any atom is -0.320 e. The van der Waals surface area contributed by atoms with E-state index in [2.05, 4.69) is 41.5 Å². The Hall–Kier alpha value is -0.730. The highest BCUT2D eigenvalue weighted by Gasteiger charge is 2.44. The summed E-state index contributed by atoms with van der Waals surface area (Å²) in [5.74, 6) is 0. The molecule has 0 unspecified atom stereocenters. The van der Waals surface area contributed by atoms with Crippen LogP contribution < -0.4 is 0 Å². The van der Waals surface area contributed by atoms with Crippen LogP contribution >= 0.6 is 0 Å². The third kappa shape index (κ3) is 1.72. The van der Waals surface area contributed by atoms with Gasteiger partial charge in [-0.25, -0.2) is 4.79 Å². The fourth-order valence-corrected chi connectivity index (χ4v) is 2.28. The second-order valence-electron chi connectivity index (χ2n) is 5.28. The van der Waals surface area contributed by atoms with Crippen molar-refractivity contribution < 1.29 is 4.79 Å². The summed E-state index contributed by atoms with van der Waals surface area (Å²) >= 11 is 0. The van der Waals surface area contributed by atoms with Gasteiger partial charge in [-0.2, -0.15) is 0 Å². The van der Waals surface area contributed by atoms with Crippen LogP contribution in [0.25, 0.3) is 0 Å². The first kappa shape index (κ1) is 11.3. The molecule has 1 rings (SSSR count). The summed E-state index contributed by atoms with van der Waals surface area (Å²) in [6.45, 7) is 13.4. The van der Waals surface area contributed by atoms with Crippen LogP contribution in [0.15, 0.2) is 0 Å². The fraction of sp³-hybridized carbons (Fsp3) is 0.909. The first-order valence-corrected chi connectivity index (χ1v) is 5.37. The van der Waals surface area contributed by atoms with Gasteiger partial charge in [0.25, 0.3) is 0 Å². The lowest BCUT2D eigenvalue weighted by Crippen LogP contribution is -2.46. The van der Waals surface area contributed by atoms with E-state index in [0.29, 0.717) is 6.04 Å². The fourth-order valence-electron chi connectivity index (χ4n) is 2.28. The number of rotatable bonds is 2. The second-order valence-corrected chi connectivity index (χ2v) is 5.28. The van der Waals surface area contributed by atoms with Gasteiger partial charge in [0.15, 0.2) is 0 Å². The van der Waals surface area contributed by atoms with Crippen LogP contribution in [0.4, 0.5) is 4.79 Å². The number of carbonyl (C=O) groups is 1. The quantitative estimate of drug-likeness (QED) is 0.668. The molecule has 0 saturated carbocycles. The van der Waals surface area contributed by atoms with Gasteiger partial charge in [-0.1, -0.05) is 0 Å². The number of hydrogen-bond acceptors (Lipinski definition) is 1. The Morgan fingerprint density at radius 3 is 1.86 bits per heavy atom. The minimum absolute atomic E-state index is 0.0322. The SMILES string of the molecule is CC(C)N1CC(C)(C)N(C(C)C)C1=O. The van der Waals surface area contributed by atoms with E-state index in [0.717, 1.165) is 6.54 Å². The summed E-state index contributed by atoms with van der Waals surface area (Å²) in [4.78, 5) is 16.0. The van der Waals surface area contributed by atoms with E-state index in [1.807, 2.05) is 9.80 Å². The second kappa shape index (κ2) is 3.44. The molecule has 0 atom stereocenters. The van der Waals surface area contributed by atoms with Crippen LogP contribution in [0, 0.1) is 0 Å². The average molecular weight is 198 g/mol. The van der Waals surface area contributed by atoms with Crippen LogP contribution in [0.2, 0.25) is 0 Å². The lowest BCUT2D eigenvalue weighted by Gasteiger charge is -2.33. The zero-order chi connectivity index (χ0) is 11.1. The summed E-state index contributed by atoms with van der Waals surface area (Å²) < 4.78 is 0. The molecule has 1 heterocycles. The molecule has 0 bridgehead atoms. The number of nitrogens with zero attached hydrogens (tertiary/aromatic N) is 2. The summed E-state index contributed by atoms with van der Waals surface area (Å²) in [6.07, 6.45) is 0. The molecule has 0 aromatic carbocycles. The van der Waals surface area contributed by atoms with Crippen molar-refractivity contribution in [1.29, 1.82) is 0 Å². The highest BCUT2D eigenvalue weighted by atomic mass is 16.2. The average Bonchev–Trinajstić information content (AvgIpc) is 2.20. The highest BCUT2D eigenvalue weighted by Crippen LogP contribution is 2.29. The van der Waals surface area contributed by atoms with Crippen molar-refractivity contribution in [3.8, 4) is 0 Å². The molecule has 1 saturated heterocycles. The standard InChI is InChI=1S/C11H22N2O/c1-8(2)12-7-11(5,6)13(9(3)4)10(12)14/h8-9H,7H2,1-6H3. The van der Waals surface area contributed by atoms with Crippen LogP contribution in [-0.2, 0) is 0 Å². The van der Waals surface area contributed by atoms with Gasteiger partial charge in [-0.15, -0.1) is 0 Å². The molecule has 1 aliphatic rings. The van der Waals surface area contributed by atoms with Crippen molar-refractivity contribution in [1.82, 2.24) is 9.80 Å². The predicted molar refractivity (Wildman–Crippen MR) is 58.3 cm³/mol. The van der Waals surface area contributed by atoms with E-state index in [1.54, 1.807) is 0 Å². The van der Waals surface area contributed by atoms with E-state index in [4.69, 9.17) is 0 Å². The molecule has 0 aromatic rings. The Morgan fingerprint density at radius 1 is 1.14 bits per heavy atom.